The van der Waals surface area contributed by atoms with Crippen LogP contribution < -0.4 is 0 Å². The lowest BCUT2D eigenvalue weighted by molar-refractivity contribution is 0.0444. The molecule has 4 aromatic heterocycles. The van der Waals surface area contributed by atoms with Gasteiger partial charge in [0.25, 0.3) is 11.8 Å². The molecule has 0 radical (unpaired) electrons. The van der Waals surface area contributed by atoms with Crippen molar-refractivity contribution in [2.24, 2.45) is 0 Å². The van der Waals surface area contributed by atoms with Crippen molar-refractivity contribution in [2.75, 3.05) is 0 Å². The number of aryl methyl sites for hydroxylation is 2. The summed E-state index contributed by atoms with van der Waals surface area (Å²) < 4.78 is 19.9. The van der Waals surface area contributed by atoms with Crippen LogP contribution in [0.15, 0.2) is 45.2 Å². The van der Waals surface area contributed by atoms with Gasteiger partial charge in [-0.15, -0.1) is 32.9 Å². The van der Waals surface area contributed by atoms with Gasteiger partial charge in [0.15, 0.2) is 6.61 Å². The summed E-state index contributed by atoms with van der Waals surface area (Å²) in [4.78, 5) is 13.0. The van der Waals surface area contributed by atoms with Crippen molar-refractivity contribution in [3.05, 3.63) is 58.7 Å². The van der Waals surface area contributed by atoms with Gasteiger partial charge in [-0.25, -0.2) is 4.79 Å². The summed E-state index contributed by atoms with van der Waals surface area (Å²) in [7, 11) is 0. The molecule has 6 nitrogen and oxygen atoms in total. The van der Waals surface area contributed by atoms with Crippen LogP contribution in [0.2, 0.25) is 0 Å². The quantitative estimate of drug-likeness (QED) is 0.352. The number of hydrogen-bond donors (Lipinski definition) is 0. The minimum absolute atomic E-state index is 0.0754. The second-order valence-corrected chi connectivity index (χ2v) is 8.44. The van der Waals surface area contributed by atoms with Crippen molar-refractivity contribution in [1.82, 2.24) is 10.2 Å². The fourth-order valence-corrected chi connectivity index (χ4v) is 5.48. The predicted octanol–water partition coefficient (Wildman–Crippen LogP) is 5.73. The number of carbonyl (C=O) groups is 1. The van der Waals surface area contributed by atoms with Gasteiger partial charge in [0.1, 0.15) is 16.4 Å². The number of aromatic nitrogens is 2. The van der Waals surface area contributed by atoms with E-state index in [0.717, 1.165) is 20.7 Å². The van der Waals surface area contributed by atoms with Crippen LogP contribution in [0.5, 0.6) is 0 Å². The number of nitrogens with zero attached hydrogens (tertiary/aromatic N) is 2. The molecular formula is C20H14N2O4S2. The molecule has 0 spiro atoms. The van der Waals surface area contributed by atoms with Gasteiger partial charge >= 0.3 is 5.97 Å². The fraction of sp³-hybridized carbons (Fsp3) is 0.150. The molecule has 0 N–H and O–H groups in total. The molecule has 5 aromatic rings. The molecule has 0 saturated heterocycles. The Morgan fingerprint density at radius 3 is 2.75 bits per heavy atom. The number of rotatable bonds is 4. The van der Waals surface area contributed by atoms with Crippen molar-refractivity contribution in [3.63, 3.8) is 0 Å². The lowest BCUT2D eigenvalue weighted by Crippen LogP contribution is -2.03. The van der Waals surface area contributed by atoms with Gasteiger partial charge in [-0.1, -0.05) is 18.2 Å². The van der Waals surface area contributed by atoms with E-state index in [9.17, 15) is 4.79 Å². The van der Waals surface area contributed by atoms with E-state index in [2.05, 4.69) is 22.3 Å². The second-order valence-electron chi connectivity index (χ2n) is 6.31. The van der Waals surface area contributed by atoms with Gasteiger partial charge in [0, 0.05) is 14.8 Å². The third-order valence-electron chi connectivity index (χ3n) is 4.32. The zero-order valence-corrected chi connectivity index (χ0v) is 16.6. The smallest absolute Gasteiger partial charge is 0.348 e. The molecule has 0 fully saturated rings. The minimum Gasteiger partial charge on any atom is -0.466 e. The van der Waals surface area contributed by atoms with E-state index in [-0.39, 0.29) is 12.5 Å². The maximum atomic E-state index is 12.4. The molecule has 0 bridgehead atoms. The van der Waals surface area contributed by atoms with Crippen LogP contribution in [0.3, 0.4) is 0 Å². The molecule has 5 rings (SSSR count). The summed E-state index contributed by atoms with van der Waals surface area (Å²) in [6, 6.07) is 11.9. The molecule has 28 heavy (non-hydrogen) atoms. The van der Waals surface area contributed by atoms with Crippen LogP contribution in [0.4, 0.5) is 0 Å². The van der Waals surface area contributed by atoms with E-state index in [1.807, 2.05) is 38.1 Å². The maximum Gasteiger partial charge on any atom is 0.348 e. The molecule has 1 aromatic carbocycles. The number of ether oxygens (including phenoxy) is 1. The highest BCUT2D eigenvalue weighted by Gasteiger charge is 2.18. The third-order valence-corrected chi connectivity index (χ3v) is 6.71. The molecule has 0 aliphatic rings. The van der Waals surface area contributed by atoms with Crippen LogP contribution in [-0.4, -0.2) is 16.2 Å². The maximum absolute atomic E-state index is 12.4. The van der Waals surface area contributed by atoms with Gasteiger partial charge < -0.3 is 13.6 Å². The van der Waals surface area contributed by atoms with Gasteiger partial charge in [0.05, 0.1) is 10.3 Å². The lowest BCUT2D eigenvalue weighted by atomic mass is 10.2. The second kappa shape index (κ2) is 6.57. The third kappa shape index (κ3) is 2.90. The van der Waals surface area contributed by atoms with Gasteiger partial charge in [-0.2, -0.15) is 0 Å². The summed E-state index contributed by atoms with van der Waals surface area (Å²) in [5.41, 5.74) is 0.743. The van der Waals surface area contributed by atoms with E-state index in [4.69, 9.17) is 13.6 Å². The standard InChI is InChI=1S/C20H14N2O4S2/c1-10-7-13(11(2)25-10)19-22-21-17(26-19)9-24-20(23)16-8-15-18(28-16)12-5-3-4-6-14(12)27-15/h3-8H,9H2,1-2H3. The Balaban J connectivity index is 1.32. The highest BCUT2D eigenvalue weighted by molar-refractivity contribution is 7.33. The van der Waals surface area contributed by atoms with Crippen molar-refractivity contribution in [1.29, 1.82) is 0 Å². The first-order valence-electron chi connectivity index (χ1n) is 8.56. The number of esters is 1. The van der Waals surface area contributed by atoms with E-state index >= 15 is 0 Å². The Bertz CT molecular complexity index is 1320. The van der Waals surface area contributed by atoms with E-state index in [1.54, 1.807) is 11.3 Å². The molecule has 0 unspecified atom stereocenters. The molecule has 8 heteroatoms. The Kier molecular flexibility index (Phi) is 4.03. The van der Waals surface area contributed by atoms with Gasteiger partial charge in [0.2, 0.25) is 0 Å². The first kappa shape index (κ1) is 17.2. The summed E-state index contributed by atoms with van der Waals surface area (Å²) in [6.07, 6.45) is 0. The monoisotopic (exact) mass is 410 g/mol. The molecule has 140 valence electrons. The largest absolute Gasteiger partial charge is 0.466 e. The van der Waals surface area contributed by atoms with Crippen LogP contribution in [0.25, 0.3) is 30.9 Å². The van der Waals surface area contributed by atoms with Crippen LogP contribution >= 0.6 is 22.7 Å². The number of benzene rings is 1. The Morgan fingerprint density at radius 1 is 1.07 bits per heavy atom. The molecule has 0 atom stereocenters. The van der Waals surface area contributed by atoms with Gasteiger partial charge in [-0.05, 0) is 32.0 Å². The summed E-state index contributed by atoms with van der Waals surface area (Å²) in [6.45, 7) is 3.61. The topological polar surface area (TPSA) is 78.4 Å². The minimum atomic E-state index is -0.396. The average molecular weight is 410 g/mol. The van der Waals surface area contributed by atoms with Gasteiger partial charge in [-0.3, -0.25) is 0 Å². The normalized spacial score (nSPS) is 11.5. The molecule has 0 amide bonds. The number of fused-ring (bicyclic) bond motifs is 3. The SMILES string of the molecule is Cc1cc(-c2nnc(COC(=O)c3cc4sc5ccccc5c4s3)o2)c(C)o1. The Morgan fingerprint density at radius 2 is 1.93 bits per heavy atom. The Hall–Kier alpha value is -2.97. The van der Waals surface area contributed by atoms with Crippen LogP contribution in [0, 0.1) is 13.8 Å². The number of thiophene rings is 2. The van der Waals surface area contributed by atoms with Crippen molar-refractivity contribution >= 4 is 48.1 Å². The molecule has 0 saturated carbocycles. The first-order valence-corrected chi connectivity index (χ1v) is 10.2. The highest BCUT2D eigenvalue weighted by atomic mass is 32.1. The molecular weight excluding hydrogens is 396 g/mol. The summed E-state index contributed by atoms with van der Waals surface area (Å²) >= 11 is 3.11. The average Bonchev–Trinajstić information content (AvgIpc) is 3.42. The number of hydrogen-bond acceptors (Lipinski definition) is 8. The predicted molar refractivity (Wildman–Crippen MR) is 108 cm³/mol. The van der Waals surface area contributed by atoms with E-state index in [0.29, 0.717) is 16.5 Å². The molecule has 0 aliphatic carbocycles. The van der Waals surface area contributed by atoms with Crippen LogP contribution in [0.1, 0.15) is 27.1 Å². The highest BCUT2D eigenvalue weighted by Crippen LogP contribution is 2.39. The molecule has 0 aliphatic heterocycles. The molecule has 4 heterocycles. The summed E-state index contributed by atoms with van der Waals surface area (Å²) in [5.74, 6) is 1.67. The summed E-state index contributed by atoms with van der Waals surface area (Å²) in [5, 5.41) is 9.13. The Labute approximate surface area is 167 Å². The van der Waals surface area contributed by atoms with E-state index in [1.165, 1.54) is 21.4 Å². The first-order chi connectivity index (χ1) is 13.6. The zero-order valence-electron chi connectivity index (χ0n) is 15.0. The number of furan rings is 1. The van der Waals surface area contributed by atoms with Crippen molar-refractivity contribution < 1.29 is 18.4 Å². The zero-order chi connectivity index (χ0) is 19.3. The van der Waals surface area contributed by atoms with Crippen LogP contribution in [-0.2, 0) is 11.3 Å². The van der Waals surface area contributed by atoms with E-state index < -0.39 is 5.97 Å². The fourth-order valence-electron chi connectivity index (χ4n) is 3.06. The van der Waals surface area contributed by atoms with Crippen molar-refractivity contribution in [3.8, 4) is 11.5 Å². The lowest BCUT2D eigenvalue weighted by Gasteiger charge is -1.98. The van der Waals surface area contributed by atoms with Crippen molar-refractivity contribution in [2.45, 2.75) is 20.5 Å². The number of carbonyl (C=O) groups excluding carboxylic acids is 1.